The molecule has 0 fully saturated rings. The molecule has 60 valence electrons. The largest absolute Gasteiger partial charge is 0.384 e. The van der Waals surface area contributed by atoms with Crippen molar-refractivity contribution in [1.29, 1.82) is 0 Å². The van der Waals surface area contributed by atoms with Gasteiger partial charge in [-0.2, -0.15) is 0 Å². The molecule has 11 heavy (non-hydrogen) atoms. The third kappa shape index (κ3) is 1.81. The summed E-state index contributed by atoms with van der Waals surface area (Å²) in [5, 5.41) is 0. The molecule has 1 aromatic rings. The van der Waals surface area contributed by atoms with Crippen LogP contribution in [0.2, 0.25) is 0 Å². The molecule has 5 nitrogen and oxygen atoms in total. The van der Waals surface area contributed by atoms with E-state index < -0.39 is 5.91 Å². The summed E-state index contributed by atoms with van der Waals surface area (Å²) in [4.78, 5) is 23.6. The zero-order chi connectivity index (χ0) is 8.43. The fourth-order valence-electron chi connectivity index (χ4n) is 0.662. The second-order valence-electron chi connectivity index (χ2n) is 1.99. The van der Waals surface area contributed by atoms with Crippen molar-refractivity contribution in [2.45, 2.75) is 6.42 Å². The number of thiazole rings is 1. The number of carbonyl (C=O) groups is 1. The molecule has 0 aromatic carbocycles. The van der Waals surface area contributed by atoms with Gasteiger partial charge in [0.15, 0.2) is 0 Å². The number of anilines is 1. The normalized spacial score (nSPS) is 9.82. The zero-order valence-electron chi connectivity index (χ0n) is 5.59. The molecule has 1 aromatic heterocycles. The van der Waals surface area contributed by atoms with Crippen LogP contribution in [0.1, 0.15) is 4.88 Å². The number of H-pyrrole nitrogens is 1. The second-order valence-corrected chi connectivity index (χ2v) is 3.06. The first-order valence-electron chi connectivity index (χ1n) is 2.85. The van der Waals surface area contributed by atoms with Crippen LogP contribution in [0, 0.1) is 0 Å². The molecule has 0 saturated heterocycles. The van der Waals surface area contributed by atoms with Crippen LogP contribution >= 0.6 is 11.3 Å². The lowest BCUT2D eigenvalue weighted by Crippen LogP contribution is -2.13. The first kappa shape index (κ1) is 7.80. The van der Waals surface area contributed by atoms with E-state index in [4.69, 9.17) is 11.5 Å². The average Bonchev–Trinajstić information content (AvgIpc) is 2.09. The number of aromatic nitrogens is 1. The number of nitrogens with one attached hydrogen (secondary N) is 1. The van der Waals surface area contributed by atoms with Crippen LogP contribution < -0.4 is 16.3 Å². The smallest absolute Gasteiger partial charge is 0.306 e. The Morgan fingerprint density at radius 2 is 2.27 bits per heavy atom. The fourth-order valence-corrected chi connectivity index (χ4v) is 1.42. The van der Waals surface area contributed by atoms with Gasteiger partial charge in [0.2, 0.25) is 5.91 Å². The van der Waals surface area contributed by atoms with E-state index in [1.54, 1.807) is 0 Å². The van der Waals surface area contributed by atoms with E-state index in [0.717, 1.165) is 11.3 Å². The molecule has 6 heteroatoms. The lowest BCUT2D eigenvalue weighted by molar-refractivity contribution is -0.117. The molecule has 5 N–H and O–H groups in total. The Bertz CT molecular complexity index is 327. The summed E-state index contributed by atoms with van der Waals surface area (Å²) in [6, 6.07) is 0. The summed E-state index contributed by atoms with van der Waals surface area (Å²) in [6.07, 6.45) is 0.0231. The number of primary amides is 1. The Morgan fingerprint density at radius 3 is 2.64 bits per heavy atom. The fraction of sp³-hybridized carbons (Fsp3) is 0.200. The van der Waals surface area contributed by atoms with Gasteiger partial charge in [0, 0.05) is 0 Å². The first-order valence-corrected chi connectivity index (χ1v) is 3.67. The van der Waals surface area contributed by atoms with Gasteiger partial charge in [-0.3, -0.25) is 14.6 Å². The Morgan fingerprint density at radius 1 is 1.64 bits per heavy atom. The number of carbonyl (C=O) groups excluding carboxylic acids is 1. The Balaban J connectivity index is 2.94. The lowest BCUT2D eigenvalue weighted by Gasteiger charge is -1.90. The topological polar surface area (TPSA) is 102 Å². The van der Waals surface area contributed by atoms with E-state index in [9.17, 15) is 9.59 Å². The Hall–Kier alpha value is -1.30. The minimum Gasteiger partial charge on any atom is -0.384 e. The predicted octanol–water partition coefficient (Wildman–Crippen LogP) is -0.954. The van der Waals surface area contributed by atoms with E-state index in [0.29, 0.717) is 4.88 Å². The third-order valence-corrected chi connectivity index (χ3v) is 1.99. The van der Waals surface area contributed by atoms with Crippen LogP contribution in [-0.2, 0) is 11.2 Å². The number of amides is 1. The molecule has 0 aliphatic rings. The minimum atomic E-state index is -0.494. The maximum atomic E-state index is 10.6. The van der Waals surface area contributed by atoms with E-state index in [2.05, 4.69) is 4.98 Å². The quantitative estimate of drug-likeness (QED) is 0.537. The second kappa shape index (κ2) is 2.75. The zero-order valence-corrected chi connectivity index (χ0v) is 6.40. The maximum Gasteiger partial charge on any atom is 0.306 e. The van der Waals surface area contributed by atoms with Crippen molar-refractivity contribution in [2.75, 3.05) is 5.73 Å². The van der Waals surface area contributed by atoms with Crippen molar-refractivity contribution in [3.8, 4) is 0 Å². The first-order chi connectivity index (χ1) is 5.09. The molecule has 0 aliphatic heterocycles. The van der Waals surface area contributed by atoms with E-state index >= 15 is 0 Å². The van der Waals surface area contributed by atoms with Gasteiger partial charge in [-0.05, 0) is 0 Å². The van der Waals surface area contributed by atoms with Gasteiger partial charge in [-0.1, -0.05) is 11.3 Å². The molecule has 0 atom stereocenters. The SMILES string of the molecule is NC(=O)Cc1sc(=O)[nH]c1N. The Kier molecular flexibility index (Phi) is 1.95. The lowest BCUT2D eigenvalue weighted by atomic mass is 10.3. The van der Waals surface area contributed by atoms with Gasteiger partial charge in [0.25, 0.3) is 0 Å². The van der Waals surface area contributed by atoms with Gasteiger partial charge in [0.1, 0.15) is 5.82 Å². The van der Waals surface area contributed by atoms with Crippen molar-refractivity contribution in [3.05, 3.63) is 14.5 Å². The van der Waals surface area contributed by atoms with Crippen LogP contribution in [0.4, 0.5) is 5.82 Å². The number of hydrogen-bond donors (Lipinski definition) is 3. The molecule has 0 spiro atoms. The highest BCUT2D eigenvalue weighted by Crippen LogP contribution is 2.10. The molecular formula is C5H7N3O2S. The molecule has 0 unspecified atom stereocenters. The van der Waals surface area contributed by atoms with Gasteiger partial charge < -0.3 is 11.5 Å². The molecule has 0 bridgehead atoms. The minimum absolute atomic E-state index is 0.0231. The van der Waals surface area contributed by atoms with Crippen LogP contribution in [0.5, 0.6) is 0 Å². The molecular weight excluding hydrogens is 166 g/mol. The number of nitrogen functional groups attached to an aromatic ring is 1. The van der Waals surface area contributed by atoms with Gasteiger partial charge in [0.05, 0.1) is 11.3 Å². The van der Waals surface area contributed by atoms with Crippen LogP contribution in [-0.4, -0.2) is 10.9 Å². The van der Waals surface area contributed by atoms with Crippen LogP contribution in [0.3, 0.4) is 0 Å². The van der Waals surface area contributed by atoms with Crippen molar-refractivity contribution >= 4 is 23.1 Å². The average molecular weight is 173 g/mol. The number of aromatic amines is 1. The predicted molar refractivity (Wildman–Crippen MR) is 42.3 cm³/mol. The van der Waals surface area contributed by atoms with Crippen molar-refractivity contribution in [2.24, 2.45) is 5.73 Å². The molecule has 0 radical (unpaired) electrons. The number of hydrogen-bond acceptors (Lipinski definition) is 4. The highest BCUT2D eigenvalue weighted by Gasteiger charge is 2.06. The molecule has 1 heterocycles. The summed E-state index contributed by atoms with van der Waals surface area (Å²) in [7, 11) is 0. The molecule has 0 aliphatic carbocycles. The van der Waals surface area contributed by atoms with Crippen molar-refractivity contribution in [3.63, 3.8) is 0 Å². The third-order valence-electron chi connectivity index (χ3n) is 1.09. The summed E-state index contributed by atoms with van der Waals surface area (Å²) in [5.74, 6) is -0.259. The Labute approximate surface area is 66.0 Å². The van der Waals surface area contributed by atoms with Gasteiger partial charge in [-0.25, -0.2) is 0 Å². The van der Waals surface area contributed by atoms with Crippen molar-refractivity contribution in [1.82, 2.24) is 4.98 Å². The molecule has 1 amide bonds. The monoisotopic (exact) mass is 173 g/mol. The number of nitrogens with two attached hydrogens (primary N) is 2. The number of rotatable bonds is 2. The highest BCUT2D eigenvalue weighted by molar-refractivity contribution is 7.09. The molecule has 0 saturated carbocycles. The standard InChI is InChI=1S/C5H7N3O2S/c6-3(9)1-2-4(7)8-5(10)11-2/h1,7H2,(H2,6,9)(H,8,10). The van der Waals surface area contributed by atoms with E-state index in [1.165, 1.54) is 0 Å². The van der Waals surface area contributed by atoms with Crippen LogP contribution in [0.25, 0.3) is 0 Å². The summed E-state index contributed by atoms with van der Waals surface area (Å²) < 4.78 is 0. The van der Waals surface area contributed by atoms with Crippen molar-refractivity contribution < 1.29 is 4.79 Å². The van der Waals surface area contributed by atoms with Gasteiger partial charge in [-0.15, -0.1) is 0 Å². The summed E-state index contributed by atoms with van der Waals surface area (Å²) in [5.41, 5.74) is 10.2. The maximum absolute atomic E-state index is 10.6. The van der Waals surface area contributed by atoms with E-state index in [-0.39, 0.29) is 17.1 Å². The highest BCUT2D eigenvalue weighted by atomic mass is 32.1. The van der Waals surface area contributed by atoms with E-state index in [1.807, 2.05) is 0 Å². The summed E-state index contributed by atoms with van der Waals surface area (Å²) >= 11 is 0.906. The summed E-state index contributed by atoms with van der Waals surface area (Å²) in [6.45, 7) is 0. The van der Waals surface area contributed by atoms with Crippen LogP contribution in [0.15, 0.2) is 4.79 Å². The molecule has 1 rings (SSSR count). The van der Waals surface area contributed by atoms with Gasteiger partial charge >= 0.3 is 4.87 Å².